The highest BCUT2D eigenvalue weighted by Crippen LogP contribution is 2.09. The lowest BCUT2D eigenvalue weighted by molar-refractivity contribution is 0.140. The molecule has 4 heteroatoms. The second-order valence-electron chi connectivity index (χ2n) is 4.06. The van der Waals surface area contributed by atoms with E-state index in [1.165, 1.54) is 5.56 Å². The van der Waals surface area contributed by atoms with Gasteiger partial charge in [0.15, 0.2) is 0 Å². The molecule has 0 spiro atoms. The summed E-state index contributed by atoms with van der Waals surface area (Å²) < 4.78 is 2.69. The summed E-state index contributed by atoms with van der Waals surface area (Å²) in [5.74, 6) is 0. The number of aryl methyl sites for hydroxylation is 1. The SMILES string of the molecule is O[C@@H](CCc1ccccc1)Cn1cc(Br)cn1. The lowest BCUT2D eigenvalue weighted by Crippen LogP contribution is -2.17. The number of aromatic nitrogens is 2. The molecule has 0 aliphatic carbocycles. The molecule has 2 rings (SSSR count). The fourth-order valence-electron chi connectivity index (χ4n) is 1.72. The topological polar surface area (TPSA) is 38.0 Å². The predicted octanol–water partition coefficient (Wildman–Crippen LogP) is 2.64. The zero-order chi connectivity index (χ0) is 12.1. The number of aliphatic hydroxyl groups is 1. The largest absolute Gasteiger partial charge is 0.391 e. The quantitative estimate of drug-likeness (QED) is 0.921. The van der Waals surface area contributed by atoms with E-state index in [-0.39, 0.29) is 6.10 Å². The van der Waals surface area contributed by atoms with Gasteiger partial charge in [0, 0.05) is 6.20 Å². The highest BCUT2D eigenvalue weighted by atomic mass is 79.9. The van der Waals surface area contributed by atoms with Crippen molar-refractivity contribution in [1.82, 2.24) is 9.78 Å². The first-order valence-electron chi connectivity index (χ1n) is 5.64. The maximum absolute atomic E-state index is 9.90. The third-order valence-electron chi connectivity index (χ3n) is 2.61. The molecule has 0 amide bonds. The number of aliphatic hydroxyl groups excluding tert-OH is 1. The van der Waals surface area contributed by atoms with Crippen LogP contribution in [0.2, 0.25) is 0 Å². The molecule has 0 fully saturated rings. The summed E-state index contributed by atoms with van der Waals surface area (Å²) in [6.07, 6.45) is 4.88. The van der Waals surface area contributed by atoms with Crippen LogP contribution in [0.15, 0.2) is 47.2 Å². The first-order chi connectivity index (χ1) is 8.24. The van der Waals surface area contributed by atoms with E-state index in [0.29, 0.717) is 6.54 Å². The van der Waals surface area contributed by atoms with Gasteiger partial charge in [-0.05, 0) is 34.3 Å². The third-order valence-corrected chi connectivity index (χ3v) is 3.02. The molecule has 0 saturated heterocycles. The lowest BCUT2D eigenvalue weighted by Gasteiger charge is -2.10. The van der Waals surface area contributed by atoms with Crippen molar-refractivity contribution in [1.29, 1.82) is 0 Å². The Bertz CT molecular complexity index is 455. The zero-order valence-electron chi connectivity index (χ0n) is 9.46. The van der Waals surface area contributed by atoms with Crippen LogP contribution in [0, 0.1) is 0 Å². The Morgan fingerprint density at radius 2 is 2.06 bits per heavy atom. The molecule has 0 bridgehead atoms. The Morgan fingerprint density at radius 3 is 2.71 bits per heavy atom. The van der Waals surface area contributed by atoms with Crippen molar-refractivity contribution < 1.29 is 5.11 Å². The molecule has 17 heavy (non-hydrogen) atoms. The monoisotopic (exact) mass is 294 g/mol. The van der Waals surface area contributed by atoms with E-state index in [1.54, 1.807) is 10.9 Å². The summed E-state index contributed by atoms with van der Waals surface area (Å²) >= 11 is 3.33. The van der Waals surface area contributed by atoms with Crippen LogP contribution in [-0.4, -0.2) is 21.0 Å². The Balaban J connectivity index is 1.80. The van der Waals surface area contributed by atoms with Gasteiger partial charge >= 0.3 is 0 Å². The van der Waals surface area contributed by atoms with Crippen molar-refractivity contribution in [2.45, 2.75) is 25.5 Å². The fraction of sp³-hybridized carbons (Fsp3) is 0.308. The van der Waals surface area contributed by atoms with E-state index in [1.807, 2.05) is 24.4 Å². The molecule has 0 aliphatic heterocycles. The fourth-order valence-corrected chi connectivity index (χ4v) is 2.05. The van der Waals surface area contributed by atoms with E-state index in [4.69, 9.17) is 0 Å². The van der Waals surface area contributed by atoms with E-state index in [0.717, 1.165) is 17.3 Å². The van der Waals surface area contributed by atoms with Crippen LogP contribution in [0.25, 0.3) is 0 Å². The standard InChI is InChI=1S/C13H15BrN2O/c14-12-8-15-16(9-12)10-13(17)7-6-11-4-2-1-3-5-11/h1-5,8-9,13,17H,6-7,10H2/t13-/m0/s1. The number of hydrogen-bond acceptors (Lipinski definition) is 2. The maximum atomic E-state index is 9.90. The first kappa shape index (κ1) is 12.3. The summed E-state index contributed by atoms with van der Waals surface area (Å²) in [6.45, 7) is 0.540. The number of hydrogen-bond donors (Lipinski definition) is 1. The maximum Gasteiger partial charge on any atom is 0.0739 e. The van der Waals surface area contributed by atoms with Crippen LogP contribution in [0.1, 0.15) is 12.0 Å². The third kappa shape index (κ3) is 3.98. The smallest absolute Gasteiger partial charge is 0.0739 e. The molecule has 0 unspecified atom stereocenters. The van der Waals surface area contributed by atoms with Crippen molar-refractivity contribution in [3.63, 3.8) is 0 Å². The summed E-state index contributed by atoms with van der Waals surface area (Å²) in [7, 11) is 0. The normalized spacial score (nSPS) is 12.6. The summed E-state index contributed by atoms with van der Waals surface area (Å²) in [5.41, 5.74) is 1.26. The molecule has 0 aliphatic rings. The molecule has 0 saturated carbocycles. The first-order valence-corrected chi connectivity index (χ1v) is 6.43. The molecule has 90 valence electrons. The van der Waals surface area contributed by atoms with Gasteiger partial charge < -0.3 is 5.11 Å². The van der Waals surface area contributed by atoms with E-state index >= 15 is 0 Å². The molecule has 3 nitrogen and oxygen atoms in total. The predicted molar refractivity (Wildman–Crippen MR) is 70.7 cm³/mol. The lowest BCUT2D eigenvalue weighted by atomic mass is 10.1. The van der Waals surface area contributed by atoms with Crippen LogP contribution >= 0.6 is 15.9 Å². The minimum atomic E-state index is -0.359. The van der Waals surface area contributed by atoms with Crippen molar-refractivity contribution >= 4 is 15.9 Å². The Morgan fingerprint density at radius 1 is 1.29 bits per heavy atom. The summed E-state index contributed by atoms with van der Waals surface area (Å²) in [5, 5.41) is 14.0. The number of benzene rings is 1. The Hall–Kier alpha value is -1.13. The number of rotatable bonds is 5. The van der Waals surface area contributed by atoms with Crippen LogP contribution in [0.3, 0.4) is 0 Å². The molecule has 1 aromatic heterocycles. The molecular weight excluding hydrogens is 280 g/mol. The molecule has 0 radical (unpaired) electrons. The minimum absolute atomic E-state index is 0.359. The molecule has 1 N–H and O–H groups in total. The number of nitrogens with zero attached hydrogens (tertiary/aromatic N) is 2. The van der Waals surface area contributed by atoms with Gasteiger partial charge in [0.1, 0.15) is 0 Å². The zero-order valence-corrected chi connectivity index (χ0v) is 11.0. The average Bonchev–Trinajstić information content (AvgIpc) is 2.73. The molecule has 1 aromatic carbocycles. The van der Waals surface area contributed by atoms with Crippen LogP contribution in [0.5, 0.6) is 0 Å². The molecule has 1 heterocycles. The average molecular weight is 295 g/mol. The van der Waals surface area contributed by atoms with Crippen LogP contribution in [0.4, 0.5) is 0 Å². The van der Waals surface area contributed by atoms with Gasteiger partial charge in [-0.2, -0.15) is 5.10 Å². The molecular formula is C13H15BrN2O. The van der Waals surface area contributed by atoms with E-state index < -0.39 is 0 Å². The highest BCUT2D eigenvalue weighted by Gasteiger charge is 2.06. The van der Waals surface area contributed by atoms with Gasteiger partial charge in [0.2, 0.25) is 0 Å². The molecule has 2 aromatic rings. The van der Waals surface area contributed by atoms with Crippen LogP contribution in [-0.2, 0) is 13.0 Å². The van der Waals surface area contributed by atoms with Crippen molar-refractivity contribution in [2.75, 3.05) is 0 Å². The Kier molecular flexibility index (Phi) is 4.34. The van der Waals surface area contributed by atoms with Crippen molar-refractivity contribution in [3.8, 4) is 0 Å². The second-order valence-corrected chi connectivity index (χ2v) is 4.97. The van der Waals surface area contributed by atoms with Crippen molar-refractivity contribution in [3.05, 3.63) is 52.8 Å². The van der Waals surface area contributed by atoms with Gasteiger partial charge in [-0.25, -0.2) is 0 Å². The summed E-state index contributed by atoms with van der Waals surface area (Å²) in [6, 6.07) is 10.2. The van der Waals surface area contributed by atoms with Crippen LogP contribution < -0.4 is 0 Å². The molecule has 1 atom stereocenters. The summed E-state index contributed by atoms with van der Waals surface area (Å²) in [4.78, 5) is 0. The number of halogens is 1. The van der Waals surface area contributed by atoms with E-state index in [9.17, 15) is 5.11 Å². The van der Waals surface area contributed by atoms with Gasteiger partial charge in [-0.1, -0.05) is 30.3 Å². The van der Waals surface area contributed by atoms with Gasteiger partial charge in [-0.15, -0.1) is 0 Å². The Labute approximate surface area is 109 Å². The van der Waals surface area contributed by atoms with Gasteiger partial charge in [-0.3, -0.25) is 4.68 Å². The minimum Gasteiger partial charge on any atom is -0.391 e. The van der Waals surface area contributed by atoms with Crippen molar-refractivity contribution in [2.24, 2.45) is 0 Å². The van der Waals surface area contributed by atoms with Gasteiger partial charge in [0.05, 0.1) is 23.3 Å². The highest BCUT2D eigenvalue weighted by molar-refractivity contribution is 9.10. The van der Waals surface area contributed by atoms with E-state index in [2.05, 4.69) is 33.2 Å². The van der Waals surface area contributed by atoms with Gasteiger partial charge in [0.25, 0.3) is 0 Å². The second kappa shape index (κ2) is 5.98.